The summed E-state index contributed by atoms with van der Waals surface area (Å²) < 4.78 is 0. The number of aryl methyl sites for hydroxylation is 1. The third-order valence-electron chi connectivity index (χ3n) is 2.91. The molecule has 0 radical (unpaired) electrons. The Bertz CT molecular complexity index is 561. The van der Waals surface area contributed by atoms with Crippen LogP contribution < -0.4 is 10.6 Å². The molecule has 2 N–H and O–H groups in total. The van der Waals surface area contributed by atoms with Gasteiger partial charge in [0, 0.05) is 23.5 Å². The van der Waals surface area contributed by atoms with Crippen LogP contribution in [0.3, 0.4) is 0 Å². The molecule has 0 saturated carbocycles. The largest absolute Gasteiger partial charge is 0.355 e. The smallest absolute Gasteiger partial charge is 0.224 e. The lowest BCUT2D eigenvalue weighted by atomic mass is 10.2. The average molecular weight is 254 g/mol. The number of benzene rings is 2. The van der Waals surface area contributed by atoms with E-state index in [1.54, 1.807) is 0 Å². The van der Waals surface area contributed by atoms with Crippen LogP contribution in [0.1, 0.15) is 18.9 Å². The van der Waals surface area contributed by atoms with Crippen molar-refractivity contribution in [2.24, 2.45) is 0 Å². The molecule has 1 amide bonds. The van der Waals surface area contributed by atoms with E-state index in [4.69, 9.17) is 0 Å². The Kier molecular flexibility index (Phi) is 4.18. The van der Waals surface area contributed by atoms with E-state index in [-0.39, 0.29) is 5.91 Å². The molecule has 3 nitrogen and oxygen atoms in total. The summed E-state index contributed by atoms with van der Waals surface area (Å²) in [5.74, 6) is 0.0274. The molecule has 98 valence electrons. The lowest BCUT2D eigenvalue weighted by Crippen LogP contribution is -2.09. The summed E-state index contributed by atoms with van der Waals surface area (Å²) in [6, 6.07) is 15.8. The number of nitrogens with one attached hydrogen (secondary N) is 2. The first-order valence-corrected chi connectivity index (χ1v) is 6.41. The Morgan fingerprint density at radius 1 is 1.00 bits per heavy atom. The molecule has 0 spiro atoms. The minimum atomic E-state index is 0.0274. The third kappa shape index (κ3) is 3.58. The van der Waals surface area contributed by atoms with E-state index in [2.05, 4.69) is 23.6 Å². The molecule has 0 fully saturated rings. The molecule has 0 heterocycles. The molecule has 0 aliphatic heterocycles. The molecule has 19 heavy (non-hydrogen) atoms. The van der Waals surface area contributed by atoms with Gasteiger partial charge in [-0.05, 0) is 42.8 Å². The molecule has 0 aliphatic carbocycles. The van der Waals surface area contributed by atoms with Gasteiger partial charge in [0.25, 0.3) is 0 Å². The number of carbonyl (C=O) groups excluding carboxylic acids is 1. The first kappa shape index (κ1) is 13.1. The monoisotopic (exact) mass is 254 g/mol. The van der Waals surface area contributed by atoms with Crippen molar-refractivity contribution < 1.29 is 4.79 Å². The van der Waals surface area contributed by atoms with E-state index >= 15 is 0 Å². The third-order valence-corrected chi connectivity index (χ3v) is 2.91. The zero-order chi connectivity index (χ0) is 13.7. The van der Waals surface area contributed by atoms with Crippen molar-refractivity contribution in [3.63, 3.8) is 0 Å². The van der Waals surface area contributed by atoms with Gasteiger partial charge in [0.15, 0.2) is 0 Å². The van der Waals surface area contributed by atoms with Crippen LogP contribution >= 0.6 is 0 Å². The fraction of sp³-hybridized carbons (Fsp3) is 0.188. The Labute approximate surface area is 113 Å². The lowest BCUT2D eigenvalue weighted by molar-refractivity contribution is -0.115. The van der Waals surface area contributed by atoms with Gasteiger partial charge in [0.2, 0.25) is 5.91 Å². The molecule has 2 aromatic carbocycles. The molecular weight excluding hydrogens is 236 g/mol. The van der Waals surface area contributed by atoms with Crippen LogP contribution in [0, 0.1) is 6.92 Å². The summed E-state index contributed by atoms with van der Waals surface area (Å²) in [6.45, 7) is 3.90. The molecular formula is C16H18N2O. The van der Waals surface area contributed by atoms with Crippen molar-refractivity contribution >= 4 is 23.0 Å². The van der Waals surface area contributed by atoms with Gasteiger partial charge >= 0.3 is 0 Å². The van der Waals surface area contributed by atoms with Crippen LogP contribution in [-0.2, 0) is 4.79 Å². The van der Waals surface area contributed by atoms with Crippen molar-refractivity contribution in [2.75, 3.05) is 10.6 Å². The van der Waals surface area contributed by atoms with Gasteiger partial charge in [-0.15, -0.1) is 0 Å². The molecule has 0 bridgehead atoms. The minimum Gasteiger partial charge on any atom is -0.355 e. The number of carbonyl (C=O) groups is 1. The van der Waals surface area contributed by atoms with Crippen molar-refractivity contribution in [1.82, 2.24) is 0 Å². The van der Waals surface area contributed by atoms with Crippen molar-refractivity contribution in [3.05, 3.63) is 54.1 Å². The van der Waals surface area contributed by atoms with Crippen molar-refractivity contribution in [1.29, 1.82) is 0 Å². The number of anilines is 3. The first-order chi connectivity index (χ1) is 9.19. The second-order valence-corrected chi connectivity index (χ2v) is 4.42. The zero-order valence-corrected chi connectivity index (χ0v) is 11.2. The topological polar surface area (TPSA) is 41.1 Å². The molecule has 3 heteroatoms. The first-order valence-electron chi connectivity index (χ1n) is 6.41. The number of amides is 1. The molecule has 0 unspecified atom stereocenters. The summed E-state index contributed by atoms with van der Waals surface area (Å²) in [5.41, 5.74) is 4.12. The molecule has 2 aromatic rings. The van der Waals surface area contributed by atoms with Gasteiger partial charge in [-0.25, -0.2) is 0 Å². The van der Waals surface area contributed by atoms with Gasteiger partial charge in [-0.1, -0.05) is 25.1 Å². The van der Waals surface area contributed by atoms with E-state index in [1.807, 2.05) is 49.4 Å². The highest BCUT2D eigenvalue weighted by Gasteiger charge is 2.00. The van der Waals surface area contributed by atoms with E-state index in [1.165, 1.54) is 5.56 Å². The van der Waals surface area contributed by atoms with Gasteiger partial charge in [0.05, 0.1) is 0 Å². The van der Waals surface area contributed by atoms with Crippen molar-refractivity contribution in [3.8, 4) is 0 Å². The number of para-hydroxylation sites is 1. The maximum absolute atomic E-state index is 11.3. The van der Waals surface area contributed by atoms with E-state index in [9.17, 15) is 4.79 Å². The van der Waals surface area contributed by atoms with E-state index in [0.717, 1.165) is 17.1 Å². The van der Waals surface area contributed by atoms with Crippen LogP contribution in [-0.4, -0.2) is 5.91 Å². The summed E-state index contributed by atoms with van der Waals surface area (Å²) in [4.78, 5) is 11.3. The number of hydrogen-bond acceptors (Lipinski definition) is 2. The fourth-order valence-corrected chi connectivity index (χ4v) is 1.75. The second-order valence-electron chi connectivity index (χ2n) is 4.42. The van der Waals surface area contributed by atoms with E-state index in [0.29, 0.717) is 6.42 Å². The minimum absolute atomic E-state index is 0.0274. The summed E-state index contributed by atoms with van der Waals surface area (Å²) >= 11 is 0. The highest BCUT2D eigenvalue weighted by Crippen LogP contribution is 2.21. The molecule has 2 rings (SSSR count). The predicted octanol–water partition coefficient (Wildman–Crippen LogP) is 4.09. The Morgan fingerprint density at radius 2 is 1.63 bits per heavy atom. The van der Waals surface area contributed by atoms with Crippen LogP contribution in [0.15, 0.2) is 48.5 Å². The standard InChI is InChI=1S/C16H18N2O/c1-3-16(19)18-14-10-8-13(9-11-14)17-15-7-5-4-6-12(15)2/h4-11,17H,3H2,1-2H3,(H,18,19). The fourth-order valence-electron chi connectivity index (χ4n) is 1.75. The zero-order valence-electron chi connectivity index (χ0n) is 11.2. The molecule has 0 aromatic heterocycles. The SMILES string of the molecule is CCC(=O)Nc1ccc(Nc2ccccc2C)cc1. The number of rotatable bonds is 4. The second kappa shape index (κ2) is 6.05. The highest BCUT2D eigenvalue weighted by atomic mass is 16.1. The van der Waals surface area contributed by atoms with Gasteiger partial charge < -0.3 is 10.6 Å². The summed E-state index contributed by atoms with van der Waals surface area (Å²) in [7, 11) is 0. The van der Waals surface area contributed by atoms with Gasteiger partial charge in [0.1, 0.15) is 0 Å². The Balaban J connectivity index is 2.07. The number of hydrogen-bond donors (Lipinski definition) is 2. The molecule has 0 atom stereocenters. The maximum Gasteiger partial charge on any atom is 0.224 e. The Hall–Kier alpha value is -2.29. The summed E-state index contributed by atoms with van der Waals surface area (Å²) in [6.07, 6.45) is 0.489. The quantitative estimate of drug-likeness (QED) is 0.863. The van der Waals surface area contributed by atoms with Gasteiger partial charge in [-0.2, -0.15) is 0 Å². The van der Waals surface area contributed by atoms with Crippen LogP contribution in [0.5, 0.6) is 0 Å². The molecule has 0 saturated heterocycles. The predicted molar refractivity (Wildman–Crippen MR) is 79.8 cm³/mol. The molecule has 0 aliphatic rings. The summed E-state index contributed by atoms with van der Waals surface area (Å²) in [5, 5.41) is 6.18. The van der Waals surface area contributed by atoms with Crippen molar-refractivity contribution in [2.45, 2.75) is 20.3 Å². The maximum atomic E-state index is 11.3. The van der Waals surface area contributed by atoms with Crippen LogP contribution in [0.25, 0.3) is 0 Å². The van der Waals surface area contributed by atoms with E-state index < -0.39 is 0 Å². The van der Waals surface area contributed by atoms with Crippen LogP contribution in [0.4, 0.5) is 17.1 Å². The normalized spacial score (nSPS) is 10.0. The van der Waals surface area contributed by atoms with Gasteiger partial charge in [-0.3, -0.25) is 4.79 Å². The van der Waals surface area contributed by atoms with Crippen LogP contribution in [0.2, 0.25) is 0 Å². The average Bonchev–Trinajstić information content (AvgIpc) is 2.43. The lowest BCUT2D eigenvalue weighted by Gasteiger charge is -2.10. The highest BCUT2D eigenvalue weighted by molar-refractivity contribution is 5.90. The Morgan fingerprint density at radius 3 is 2.26 bits per heavy atom.